The molecule has 0 aliphatic rings. The summed E-state index contributed by atoms with van der Waals surface area (Å²) >= 11 is 11.9. The number of aliphatic hydroxyl groups is 1. The number of rotatable bonds is 2. The van der Waals surface area contributed by atoms with E-state index in [9.17, 15) is 5.11 Å². The van der Waals surface area contributed by atoms with Crippen LogP contribution in [0.5, 0.6) is 0 Å². The molecule has 0 spiro atoms. The Morgan fingerprint density at radius 3 is 2.79 bits per heavy atom. The average Bonchev–Trinajstić information content (AvgIpc) is 2.73. The van der Waals surface area contributed by atoms with Gasteiger partial charge in [0.25, 0.3) is 0 Å². The minimum Gasteiger partial charge on any atom is -0.382 e. The van der Waals surface area contributed by atoms with Crippen molar-refractivity contribution in [3.05, 3.63) is 36.3 Å². The molecule has 1 unspecified atom stereocenters. The third kappa shape index (κ3) is 2.01. The monoisotopic (exact) mass is 309 g/mol. The smallest absolute Gasteiger partial charge is 0.125 e. The van der Waals surface area contributed by atoms with Gasteiger partial charge in [0, 0.05) is 10.3 Å². The first-order chi connectivity index (χ1) is 6.68. The fourth-order valence-corrected chi connectivity index (χ4v) is 3.58. The fraction of sp³-hybridized carbons (Fsp3) is 0.125. The molecule has 6 heteroatoms. The molecule has 0 radical (unpaired) electrons. The molecule has 1 atom stereocenters. The van der Waals surface area contributed by atoms with E-state index in [4.69, 9.17) is 11.6 Å². The number of thiazole rings is 1. The first-order valence-corrected chi connectivity index (χ1v) is 6.62. The lowest BCUT2D eigenvalue weighted by Crippen LogP contribution is -1.94. The van der Waals surface area contributed by atoms with Crippen LogP contribution in [0.2, 0.25) is 5.02 Å². The van der Waals surface area contributed by atoms with Crippen molar-refractivity contribution in [2.75, 3.05) is 0 Å². The first kappa shape index (κ1) is 10.6. The van der Waals surface area contributed by atoms with E-state index >= 15 is 0 Å². The van der Waals surface area contributed by atoms with Crippen molar-refractivity contribution in [2.45, 2.75) is 6.10 Å². The maximum absolute atomic E-state index is 9.97. The molecule has 2 rings (SSSR count). The second-order valence-electron chi connectivity index (χ2n) is 2.58. The minimum atomic E-state index is -0.630. The number of thiophene rings is 1. The van der Waals surface area contributed by atoms with Gasteiger partial charge in [-0.1, -0.05) is 11.6 Å². The van der Waals surface area contributed by atoms with E-state index in [1.165, 1.54) is 22.7 Å². The highest BCUT2D eigenvalue weighted by Gasteiger charge is 2.17. The highest BCUT2D eigenvalue weighted by Crippen LogP contribution is 2.34. The third-order valence-corrected chi connectivity index (χ3v) is 4.76. The quantitative estimate of drug-likeness (QED) is 0.917. The maximum atomic E-state index is 9.97. The topological polar surface area (TPSA) is 33.1 Å². The standard InChI is InChI=1S/C8H5BrClNOS2/c9-8-7(14-3-11-8)6(12)5-1-4(10)2-13-5/h1-3,6,12H. The van der Waals surface area contributed by atoms with Crippen molar-refractivity contribution in [1.82, 2.24) is 4.98 Å². The maximum Gasteiger partial charge on any atom is 0.125 e. The summed E-state index contributed by atoms with van der Waals surface area (Å²) in [7, 11) is 0. The molecule has 0 aliphatic heterocycles. The zero-order chi connectivity index (χ0) is 10.1. The SMILES string of the molecule is OC(c1cc(Cl)cs1)c1scnc1Br. The summed E-state index contributed by atoms with van der Waals surface area (Å²) in [5.74, 6) is 0. The Kier molecular flexibility index (Phi) is 3.23. The fourth-order valence-electron chi connectivity index (χ4n) is 1.02. The van der Waals surface area contributed by atoms with E-state index < -0.39 is 6.10 Å². The Balaban J connectivity index is 2.33. The van der Waals surface area contributed by atoms with Crippen molar-refractivity contribution in [3.63, 3.8) is 0 Å². The van der Waals surface area contributed by atoms with Crippen LogP contribution >= 0.6 is 50.2 Å². The molecule has 0 amide bonds. The molecule has 2 nitrogen and oxygen atoms in total. The molecule has 2 aromatic heterocycles. The normalized spacial score (nSPS) is 13.1. The zero-order valence-electron chi connectivity index (χ0n) is 6.78. The molecule has 0 bridgehead atoms. The van der Waals surface area contributed by atoms with E-state index in [-0.39, 0.29) is 0 Å². The van der Waals surface area contributed by atoms with E-state index in [0.717, 1.165) is 9.75 Å². The Labute approximate surface area is 102 Å². The van der Waals surface area contributed by atoms with Crippen LogP contribution in [0.15, 0.2) is 21.6 Å². The van der Waals surface area contributed by atoms with Crippen molar-refractivity contribution in [1.29, 1.82) is 0 Å². The van der Waals surface area contributed by atoms with E-state index in [1.807, 2.05) is 0 Å². The number of halogens is 2. The minimum absolute atomic E-state index is 0.630. The Morgan fingerprint density at radius 2 is 2.29 bits per heavy atom. The summed E-state index contributed by atoms with van der Waals surface area (Å²) in [6.07, 6.45) is -0.630. The van der Waals surface area contributed by atoms with Crippen molar-refractivity contribution < 1.29 is 5.11 Å². The second kappa shape index (κ2) is 4.28. The Bertz CT molecular complexity index is 442. The van der Waals surface area contributed by atoms with Crippen LogP contribution in [0.1, 0.15) is 15.9 Å². The number of nitrogens with zero attached hydrogens (tertiary/aromatic N) is 1. The summed E-state index contributed by atoms with van der Waals surface area (Å²) in [4.78, 5) is 5.66. The van der Waals surface area contributed by atoms with Gasteiger partial charge in [0.05, 0.1) is 15.4 Å². The van der Waals surface area contributed by atoms with Crippen molar-refractivity contribution in [2.24, 2.45) is 0 Å². The predicted molar refractivity (Wildman–Crippen MR) is 63.2 cm³/mol. The molecular formula is C8H5BrClNOS2. The summed E-state index contributed by atoms with van der Waals surface area (Å²) < 4.78 is 0.694. The van der Waals surface area contributed by atoms with Gasteiger partial charge in [-0.25, -0.2) is 4.98 Å². The van der Waals surface area contributed by atoms with Gasteiger partial charge in [0.15, 0.2) is 0 Å². The van der Waals surface area contributed by atoms with Gasteiger partial charge >= 0.3 is 0 Å². The van der Waals surface area contributed by atoms with Crippen LogP contribution in [0.4, 0.5) is 0 Å². The van der Waals surface area contributed by atoms with Crippen molar-refractivity contribution >= 4 is 50.2 Å². The van der Waals surface area contributed by atoms with Gasteiger partial charge in [0.2, 0.25) is 0 Å². The average molecular weight is 311 g/mol. The first-order valence-electron chi connectivity index (χ1n) is 3.69. The molecule has 74 valence electrons. The molecule has 0 saturated heterocycles. The molecule has 0 aliphatic carbocycles. The second-order valence-corrected chi connectivity index (χ2v) is 5.59. The van der Waals surface area contributed by atoms with Gasteiger partial charge in [0.1, 0.15) is 10.7 Å². The Hall–Kier alpha value is 0.0600. The number of hydrogen-bond acceptors (Lipinski definition) is 4. The largest absolute Gasteiger partial charge is 0.382 e. The van der Waals surface area contributed by atoms with Crippen LogP contribution in [-0.2, 0) is 0 Å². The summed E-state index contributed by atoms with van der Waals surface area (Å²) in [6, 6.07) is 1.77. The van der Waals surface area contributed by atoms with Gasteiger partial charge in [-0.05, 0) is 22.0 Å². The van der Waals surface area contributed by atoms with E-state index in [2.05, 4.69) is 20.9 Å². The lowest BCUT2D eigenvalue weighted by molar-refractivity contribution is 0.227. The van der Waals surface area contributed by atoms with Crippen LogP contribution in [-0.4, -0.2) is 10.1 Å². The molecule has 0 saturated carbocycles. The summed E-state index contributed by atoms with van der Waals surface area (Å²) in [5, 5.41) is 12.4. The van der Waals surface area contributed by atoms with Crippen LogP contribution in [0.25, 0.3) is 0 Å². The highest BCUT2D eigenvalue weighted by atomic mass is 79.9. The zero-order valence-corrected chi connectivity index (χ0v) is 10.8. The lowest BCUT2D eigenvalue weighted by Gasteiger charge is -2.04. The van der Waals surface area contributed by atoms with E-state index in [0.29, 0.717) is 9.63 Å². The molecule has 0 aromatic carbocycles. The highest BCUT2D eigenvalue weighted by molar-refractivity contribution is 9.10. The summed E-state index contributed by atoms with van der Waals surface area (Å²) in [5.41, 5.74) is 1.69. The third-order valence-electron chi connectivity index (χ3n) is 1.65. The molecule has 1 N–H and O–H groups in total. The molecule has 0 fully saturated rings. The van der Waals surface area contributed by atoms with Crippen LogP contribution in [0.3, 0.4) is 0 Å². The molecule has 2 aromatic rings. The number of aromatic nitrogens is 1. The Morgan fingerprint density at radius 1 is 1.50 bits per heavy atom. The molecule has 2 heterocycles. The number of aliphatic hydroxyl groups excluding tert-OH is 1. The molecular weight excluding hydrogens is 306 g/mol. The summed E-state index contributed by atoms with van der Waals surface area (Å²) in [6.45, 7) is 0. The van der Waals surface area contributed by atoms with Gasteiger partial charge < -0.3 is 5.11 Å². The molecule has 14 heavy (non-hydrogen) atoms. The van der Waals surface area contributed by atoms with Gasteiger partial charge in [-0.15, -0.1) is 22.7 Å². The van der Waals surface area contributed by atoms with Crippen molar-refractivity contribution in [3.8, 4) is 0 Å². The van der Waals surface area contributed by atoms with Gasteiger partial charge in [-0.3, -0.25) is 0 Å². The predicted octanol–water partition coefficient (Wildman–Crippen LogP) is 3.70. The van der Waals surface area contributed by atoms with Crippen LogP contribution < -0.4 is 0 Å². The number of hydrogen-bond donors (Lipinski definition) is 1. The van der Waals surface area contributed by atoms with Gasteiger partial charge in [-0.2, -0.15) is 0 Å². The van der Waals surface area contributed by atoms with Crippen LogP contribution in [0, 0.1) is 0 Å². The van der Waals surface area contributed by atoms with E-state index in [1.54, 1.807) is 17.0 Å². The lowest BCUT2D eigenvalue weighted by atomic mass is 10.2.